The van der Waals surface area contributed by atoms with E-state index >= 15 is 0 Å². The molecule has 0 amide bonds. The Bertz CT molecular complexity index is 1120. The van der Waals surface area contributed by atoms with E-state index in [0.717, 1.165) is 55.6 Å². The first kappa shape index (κ1) is 23.7. The van der Waals surface area contributed by atoms with Crippen LogP contribution in [0.2, 0.25) is 0 Å². The van der Waals surface area contributed by atoms with Crippen molar-refractivity contribution in [1.29, 1.82) is 0 Å². The van der Waals surface area contributed by atoms with E-state index < -0.39 is 11.6 Å². The fourth-order valence-corrected chi connectivity index (χ4v) is 5.04. The van der Waals surface area contributed by atoms with E-state index in [0.29, 0.717) is 17.9 Å². The van der Waals surface area contributed by atoms with Crippen LogP contribution in [0, 0.1) is 24.5 Å². The van der Waals surface area contributed by atoms with Crippen LogP contribution in [0.4, 0.5) is 26.1 Å². The molecular formula is C26H32F2N6O. The summed E-state index contributed by atoms with van der Waals surface area (Å²) in [6.07, 6.45) is 6.17. The van der Waals surface area contributed by atoms with Crippen LogP contribution in [0.15, 0.2) is 42.7 Å². The highest BCUT2D eigenvalue weighted by atomic mass is 19.1. The maximum atomic E-state index is 13.5. The minimum absolute atomic E-state index is 0.275. The van der Waals surface area contributed by atoms with E-state index in [4.69, 9.17) is 4.74 Å². The summed E-state index contributed by atoms with van der Waals surface area (Å²) in [4.78, 5) is 6.89. The van der Waals surface area contributed by atoms with Gasteiger partial charge < -0.3 is 20.3 Å². The monoisotopic (exact) mass is 482 g/mol. The molecule has 0 bridgehead atoms. The number of aromatic nitrogens is 3. The zero-order valence-electron chi connectivity index (χ0n) is 20.0. The predicted molar refractivity (Wildman–Crippen MR) is 132 cm³/mol. The van der Waals surface area contributed by atoms with Crippen LogP contribution < -0.4 is 10.6 Å². The van der Waals surface area contributed by atoms with Crippen LogP contribution in [0.25, 0.3) is 5.69 Å². The van der Waals surface area contributed by atoms with E-state index in [1.165, 1.54) is 49.1 Å². The summed E-state index contributed by atoms with van der Waals surface area (Å²) in [6.45, 7) is 7.12. The molecule has 186 valence electrons. The minimum atomic E-state index is -0.659. The zero-order chi connectivity index (χ0) is 24.2. The van der Waals surface area contributed by atoms with Crippen molar-refractivity contribution in [1.82, 2.24) is 19.7 Å². The molecule has 2 aliphatic heterocycles. The third-order valence-electron chi connectivity index (χ3n) is 6.89. The molecule has 3 aromatic rings. The fraction of sp³-hybridized carbons (Fsp3) is 0.462. The second-order valence-electron chi connectivity index (χ2n) is 9.56. The molecular weight excluding hydrogens is 450 g/mol. The molecule has 0 spiro atoms. The summed E-state index contributed by atoms with van der Waals surface area (Å²) in [6, 6.07) is 10.1. The fourth-order valence-electron chi connectivity index (χ4n) is 5.04. The number of halogens is 2. The Morgan fingerprint density at radius 3 is 2.40 bits per heavy atom. The van der Waals surface area contributed by atoms with Crippen LogP contribution >= 0.6 is 0 Å². The van der Waals surface area contributed by atoms with E-state index in [9.17, 15) is 8.78 Å². The molecule has 2 N–H and O–H groups in total. The Hall–Kier alpha value is -3.04. The number of benzene rings is 2. The van der Waals surface area contributed by atoms with Gasteiger partial charge in [0.25, 0.3) is 0 Å². The Morgan fingerprint density at radius 1 is 0.943 bits per heavy atom. The summed E-state index contributed by atoms with van der Waals surface area (Å²) in [5.74, 6) is -0.305. The van der Waals surface area contributed by atoms with Crippen molar-refractivity contribution in [3.05, 3.63) is 59.9 Å². The topological polar surface area (TPSA) is 67.2 Å². The van der Waals surface area contributed by atoms with E-state index in [1.807, 2.05) is 19.1 Å². The summed E-state index contributed by atoms with van der Waals surface area (Å²) >= 11 is 0. The molecule has 1 aromatic heterocycles. The lowest BCUT2D eigenvalue weighted by molar-refractivity contribution is 0.0219. The van der Waals surface area contributed by atoms with E-state index in [-0.39, 0.29) is 5.69 Å². The van der Waals surface area contributed by atoms with Gasteiger partial charge in [-0.2, -0.15) is 4.98 Å². The lowest BCUT2D eigenvalue weighted by Crippen LogP contribution is -2.44. The van der Waals surface area contributed by atoms with Gasteiger partial charge in [0, 0.05) is 43.2 Å². The molecule has 3 heterocycles. The number of hydrogen-bond donors (Lipinski definition) is 2. The third-order valence-corrected chi connectivity index (χ3v) is 6.89. The molecule has 0 radical (unpaired) electrons. The van der Waals surface area contributed by atoms with Crippen LogP contribution in [0.3, 0.4) is 0 Å². The highest BCUT2D eigenvalue weighted by molar-refractivity contribution is 5.63. The molecule has 7 nitrogen and oxygen atoms in total. The van der Waals surface area contributed by atoms with Crippen LogP contribution in [0.1, 0.15) is 31.2 Å². The highest BCUT2D eigenvalue weighted by Crippen LogP contribution is 2.25. The Labute approximate surface area is 204 Å². The van der Waals surface area contributed by atoms with Gasteiger partial charge in [-0.3, -0.25) is 0 Å². The van der Waals surface area contributed by atoms with Gasteiger partial charge in [0.05, 0.1) is 5.69 Å². The van der Waals surface area contributed by atoms with Crippen molar-refractivity contribution in [2.45, 2.75) is 38.6 Å². The number of anilines is 3. The minimum Gasteiger partial charge on any atom is -0.385 e. The molecule has 2 saturated heterocycles. The Balaban J connectivity index is 1.16. The van der Waals surface area contributed by atoms with E-state index in [2.05, 4.69) is 31.7 Å². The molecule has 5 rings (SSSR count). The second-order valence-corrected chi connectivity index (χ2v) is 9.56. The van der Waals surface area contributed by atoms with Crippen molar-refractivity contribution in [2.24, 2.45) is 5.92 Å². The summed E-state index contributed by atoms with van der Waals surface area (Å²) in [5, 5.41) is 11.1. The Morgan fingerprint density at radius 2 is 1.66 bits per heavy atom. The maximum Gasteiger partial charge on any atom is 0.246 e. The first-order chi connectivity index (χ1) is 17.0. The molecule has 0 unspecified atom stereocenters. The molecule has 0 saturated carbocycles. The van der Waals surface area contributed by atoms with Crippen molar-refractivity contribution in [3.8, 4) is 5.69 Å². The van der Waals surface area contributed by atoms with Gasteiger partial charge >= 0.3 is 0 Å². The van der Waals surface area contributed by atoms with Gasteiger partial charge in [0.1, 0.15) is 18.0 Å². The average Bonchev–Trinajstić information content (AvgIpc) is 3.31. The summed E-state index contributed by atoms with van der Waals surface area (Å²) in [7, 11) is 0. The lowest BCUT2D eigenvalue weighted by atomic mass is 9.94. The first-order valence-corrected chi connectivity index (χ1v) is 12.3. The zero-order valence-corrected chi connectivity index (χ0v) is 20.0. The number of ether oxygens (including phenoxy) is 1. The van der Waals surface area contributed by atoms with Gasteiger partial charge in [-0.15, -0.1) is 5.10 Å². The van der Waals surface area contributed by atoms with Gasteiger partial charge in [0.2, 0.25) is 5.95 Å². The van der Waals surface area contributed by atoms with Crippen molar-refractivity contribution in [3.63, 3.8) is 0 Å². The number of nitrogens with zero attached hydrogens (tertiary/aromatic N) is 4. The SMILES string of the molecule is Cc1cc(NCC2CCN(C3CCOCC3)CC2)cc(Nc2ncn(-c3cc(F)cc(F)c3)n2)c1. The van der Waals surface area contributed by atoms with Crippen molar-refractivity contribution in [2.75, 3.05) is 43.5 Å². The normalized spacial score (nSPS) is 18.0. The number of aryl methyl sites for hydroxylation is 1. The van der Waals surface area contributed by atoms with Crippen molar-refractivity contribution >= 4 is 17.3 Å². The largest absolute Gasteiger partial charge is 0.385 e. The van der Waals surface area contributed by atoms with E-state index in [1.54, 1.807) is 0 Å². The lowest BCUT2D eigenvalue weighted by Gasteiger charge is -2.39. The molecule has 2 fully saturated rings. The highest BCUT2D eigenvalue weighted by Gasteiger charge is 2.26. The number of hydrogen-bond acceptors (Lipinski definition) is 6. The Kier molecular flexibility index (Phi) is 7.24. The third kappa shape index (κ3) is 6.15. The smallest absolute Gasteiger partial charge is 0.246 e. The van der Waals surface area contributed by atoms with Crippen LogP contribution in [-0.4, -0.2) is 58.6 Å². The van der Waals surface area contributed by atoms with Gasteiger partial charge in [-0.25, -0.2) is 13.5 Å². The van der Waals surface area contributed by atoms with Gasteiger partial charge in [-0.05, 0) is 87.5 Å². The number of rotatable bonds is 7. The van der Waals surface area contributed by atoms with Gasteiger partial charge in [-0.1, -0.05) is 0 Å². The second kappa shape index (κ2) is 10.7. The molecule has 2 aliphatic rings. The number of piperidine rings is 1. The molecule has 0 aliphatic carbocycles. The average molecular weight is 483 g/mol. The standard InChI is InChI=1S/C26H32F2N6O/c1-18-10-22(29-16-19-2-6-33(7-3-19)24-4-8-35-9-5-24)15-23(11-18)31-26-30-17-34(32-26)25-13-20(27)12-21(28)14-25/h10-15,17,19,24,29H,2-9,16H2,1H3,(H,31,32). The molecule has 0 atom stereocenters. The number of likely N-dealkylation sites (tertiary alicyclic amines) is 1. The molecule has 9 heteroatoms. The van der Waals surface area contributed by atoms with Crippen molar-refractivity contribution < 1.29 is 13.5 Å². The van der Waals surface area contributed by atoms with Gasteiger partial charge in [0.15, 0.2) is 0 Å². The quantitative estimate of drug-likeness (QED) is 0.499. The first-order valence-electron chi connectivity index (χ1n) is 12.3. The van der Waals surface area contributed by atoms with Crippen LogP contribution in [0.5, 0.6) is 0 Å². The predicted octanol–water partition coefficient (Wildman–Crippen LogP) is 4.90. The van der Waals surface area contributed by atoms with Crippen LogP contribution in [-0.2, 0) is 4.74 Å². The summed E-state index contributed by atoms with van der Waals surface area (Å²) < 4.78 is 33.9. The summed E-state index contributed by atoms with van der Waals surface area (Å²) in [5.41, 5.74) is 3.28. The molecule has 35 heavy (non-hydrogen) atoms. The maximum absolute atomic E-state index is 13.5. The number of nitrogens with one attached hydrogen (secondary N) is 2. The molecule has 2 aromatic carbocycles.